The van der Waals surface area contributed by atoms with Gasteiger partial charge in [-0.05, 0) is 37.5 Å². The average molecular weight is 206 g/mol. The molecule has 15 heavy (non-hydrogen) atoms. The van der Waals surface area contributed by atoms with Crippen molar-refractivity contribution in [3.63, 3.8) is 0 Å². The molecule has 0 aliphatic carbocycles. The molecule has 0 saturated heterocycles. The number of rotatable bonds is 7. The minimum absolute atomic E-state index is 0.286. The molecule has 0 radical (unpaired) electrons. The maximum absolute atomic E-state index is 3.88. The van der Waals surface area contributed by atoms with E-state index in [0.717, 1.165) is 17.9 Å². The first-order valence-corrected chi connectivity index (χ1v) is 5.83. The molecule has 0 unspecified atom stereocenters. The lowest BCUT2D eigenvalue weighted by molar-refractivity contribution is 0.373. The lowest BCUT2D eigenvalue weighted by atomic mass is 9.84. The first-order valence-electron chi connectivity index (χ1n) is 5.83. The fourth-order valence-corrected chi connectivity index (χ4v) is 1.47. The van der Waals surface area contributed by atoms with Crippen LogP contribution in [-0.2, 0) is 0 Å². The van der Waals surface area contributed by atoms with Crippen LogP contribution in [0.15, 0.2) is 37.0 Å². The molecule has 1 atom stereocenters. The molecule has 0 spiro atoms. The van der Waals surface area contributed by atoms with Crippen molar-refractivity contribution in [2.24, 2.45) is 11.3 Å². The third kappa shape index (κ3) is 8.23. The van der Waals surface area contributed by atoms with E-state index in [1.54, 1.807) is 0 Å². The summed E-state index contributed by atoms with van der Waals surface area (Å²) in [5.41, 5.74) is 1.41. The fourth-order valence-electron chi connectivity index (χ4n) is 1.47. The maximum atomic E-state index is 3.88. The first kappa shape index (κ1) is 14.2. The topological polar surface area (TPSA) is 0 Å². The molecule has 0 N–H and O–H groups in total. The van der Waals surface area contributed by atoms with E-state index in [9.17, 15) is 0 Å². The summed E-state index contributed by atoms with van der Waals surface area (Å²) in [6.45, 7) is 16.6. The Balaban J connectivity index is 4.03. The van der Waals surface area contributed by atoms with Crippen molar-refractivity contribution in [2.75, 3.05) is 0 Å². The number of allylic oxidation sites excluding steroid dienone is 4. The van der Waals surface area contributed by atoms with Crippen molar-refractivity contribution in [2.45, 2.75) is 47.0 Å². The van der Waals surface area contributed by atoms with E-state index in [1.807, 2.05) is 13.0 Å². The third-order valence-corrected chi connectivity index (χ3v) is 2.67. The second-order valence-electron chi connectivity index (χ2n) is 5.34. The molecule has 0 rings (SSSR count). The summed E-state index contributed by atoms with van der Waals surface area (Å²) in [5.74, 6) is 0.750. The molecule has 0 bridgehead atoms. The van der Waals surface area contributed by atoms with Gasteiger partial charge in [0.05, 0.1) is 0 Å². The van der Waals surface area contributed by atoms with Gasteiger partial charge in [0.1, 0.15) is 0 Å². The second-order valence-corrected chi connectivity index (χ2v) is 5.34. The predicted molar refractivity (Wildman–Crippen MR) is 70.9 cm³/mol. The molecule has 0 heteroatoms. The molecule has 0 aliphatic heterocycles. The monoisotopic (exact) mass is 206 g/mol. The van der Waals surface area contributed by atoms with Gasteiger partial charge in [0.25, 0.3) is 0 Å². The Morgan fingerprint density at radius 3 is 2.47 bits per heavy atom. The van der Waals surface area contributed by atoms with Gasteiger partial charge in [-0.15, -0.1) is 6.58 Å². The third-order valence-electron chi connectivity index (χ3n) is 2.67. The first-order chi connectivity index (χ1) is 6.87. The van der Waals surface area contributed by atoms with Crippen LogP contribution in [0.4, 0.5) is 0 Å². The van der Waals surface area contributed by atoms with Gasteiger partial charge in [0, 0.05) is 0 Å². The molecule has 0 nitrogen and oxygen atoms in total. The summed E-state index contributed by atoms with van der Waals surface area (Å²) in [6.07, 6.45) is 10.0. The molecule has 0 fully saturated rings. The molecule has 0 aliphatic rings. The largest absolute Gasteiger partial charge is 0.103 e. The van der Waals surface area contributed by atoms with Crippen LogP contribution in [0.3, 0.4) is 0 Å². The highest BCUT2D eigenvalue weighted by molar-refractivity contribution is 5.13. The van der Waals surface area contributed by atoms with Gasteiger partial charge < -0.3 is 0 Å². The highest BCUT2D eigenvalue weighted by atomic mass is 14.2. The van der Waals surface area contributed by atoms with Gasteiger partial charge in [-0.1, -0.05) is 51.2 Å². The van der Waals surface area contributed by atoms with Crippen LogP contribution < -0.4 is 0 Å². The van der Waals surface area contributed by atoms with Crippen molar-refractivity contribution in [3.05, 3.63) is 37.0 Å². The van der Waals surface area contributed by atoms with Crippen LogP contribution in [0.5, 0.6) is 0 Å². The van der Waals surface area contributed by atoms with Crippen LogP contribution in [0, 0.1) is 11.3 Å². The molecular formula is C15H26. The van der Waals surface area contributed by atoms with Gasteiger partial charge in [0.2, 0.25) is 0 Å². The van der Waals surface area contributed by atoms with Crippen molar-refractivity contribution >= 4 is 0 Å². The minimum Gasteiger partial charge on any atom is -0.103 e. The zero-order valence-electron chi connectivity index (χ0n) is 10.8. The van der Waals surface area contributed by atoms with Gasteiger partial charge >= 0.3 is 0 Å². The van der Waals surface area contributed by atoms with Crippen LogP contribution in [-0.4, -0.2) is 0 Å². The predicted octanol–water partition coefficient (Wildman–Crippen LogP) is 5.14. The van der Waals surface area contributed by atoms with Crippen molar-refractivity contribution in [3.8, 4) is 0 Å². The molecule has 86 valence electrons. The Labute approximate surface area is 95.8 Å². The Kier molecular flexibility index (Phi) is 6.31. The van der Waals surface area contributed by atoms with Crippen molar-refractivity contribution < 1.29 is 0 Å². The van der Waals surface area contributed by atoms with E-state index < -0.39 is 0 Å². The van der Waals surface area contributed by atoms with E-state index in [2.05, 4.69) is 46.1 Å². The SMILES string of the molecule is C=CC[C@@H](C)CCC(C)(C)/C=C/C(=C)C. The lowest BCUT2D eigenvalue weighted by Gasteiger charge is -2.22. The summed E-state index contributed by atoms with van der Waals surface area (Å²) >= 11 is 0. The van der Waals surface area contributed by atoms with Gasteiger partial charge in [-0.25, -0.2) is 0 Å². The van der Waals surface area contributed by atoms with E-state index in [1.165, 1.54) is 12.8 Å². The summed E-state index contributed by atoms with van der Waals surface area (Å²) in [6, 6.07) is 0. The Morgan fingerprint density at radius 2 is 2.00 bits per heavy atom. The van der Waals surface area contributed by atoms with Gasteiger partial charge in [0.15, 0.2) is 0 Å². The van der Waals surface area contributed by atoms with Crippen LogP contribution >= 0.6 is 0 Å². The highest BCUT2D eigenvalue weighted by Crippen LogP contribution is 2.27. The number of hydrogen-bond donors (Lipinski definition) is 0. The quantitative estimate of drug-likeness (QED) is 0.400. The van der Waals surface area contributed by atoms with E-state index >= 15 is 0 Å². The Hall–Kier alpha value is -0.780. The molecule has 0 aromatic carbocycles. The van der Waals surface area contributed by atoms with Crippen molar-refractivity contribution in [1.29, 1.82) is 0 Å². The average Bonchev–Trinajstić information content (AvgIpc) is 2.13. The molecule has 0 aromatic rings. The summed E-state index contributed by atoms with van der Waals surface area (Å²) in [4.78, 5) is 0. The molecule has 0 heterocycles. The zero-order valence-corrected chi connectivity index (χ0v) is 10.8. The normalized spacial score (nSPS) is 14.1. The van der Waals surface area contributed by atoms with E-state index in [0.29, 0.717) is 0 Å². The van der Waals surface area contributed by atoms with E-state index in [4.69, 9.17) is 0 Å². The highest BCUT2D eigenvalue weighted by Gasteiger charge is 2.14. The second kappa shape index (κ2) is 6.66. The summed E-state index contributed by atoms with van der Waals surface area (Å²) in [7, 11) is 0. The maximum Gasteiger partial charge on any atom is -0.0172 e. The fraction of sp³-hybridized carbons (Fsp3) is 0.600. The smallest absolute Gasteiger partial charge is 0.0172 e. The summed E-state index contributed by atoms with van der Waals surface area (Å²) in [5, 5.41) is 0. The standard InChI is InChI=1S/C15H26/c1-7-8-14(4)10-12-15(5,6)11-9-13(2)3/h7,9,11,14H,1-2,8,10,12H2,3-6H3/b11-9+/t14-/m1/s1. The molecular weight excluding hydrogens is 180 g/mol. The summed E-state index contributed by atoms with van der Waals surface area (Å²) < 4.78 is 0. The van der Waals surface area contributed by atoms with Gasteiger partial charge in [-0.3, -0.25) is 0 Å². The molecule has 0 saturated carbocycles. The Morgan fingerprint density at radius 1 is 1.40 bits per heavy atom. The Bertz CT molecular complexity index is 230. The molecule has 0 amide bonds. The molecule has 0 aromatic heterocycles. The zero-order chi connectivity index (χ0) is 11.9. The van der Waals surface area contributed by atoms with Crippen molar-refractivity contribution in [1.82, 2.24) is 0 Å². The van der Waals surface area contributed by atoms with Crippen LogP contribution in [0.1, 0.15) is 47.0 Å². The minimum atomic E-state index is 0.286. The lowest BCUT2D eigenvalue weighted by Crippen LogP contribution is -2.09. The van der Waals surface area contributed by atoms with Crippen LogP contribution in [0.25, 0.3) is 0 Å². The number of hydrogen-bond acceptors (Lipinski definition) is 0. The van der Waals surface area contributed by atoms with E-state index in [-0.39, 0.29) is 5.41 Å². The van der Waals surface area contributed by atoms with Crippen LogP contribution in [0.2, 0.25) is 0 Å². The van der Waals surface area contributed by atoms with Gasteiger partial charge in [-0.2, -0.15) is 0 Å².